The average Bonchev–Trinajstić information content (AvgIpc) is 3.22. The van der Waals surface area contributed by atoms with Gasteiger partial charge in [0.25, 0.3) is 0 Å². The summed E-state index contributed by atoms with van der Waals surface area (Å²) in [4.78, 5) is 33.7. The second kappa shape index (κ2) is 11.6. The highest BCUT2D eigenvalue weighted by Gasteiger charge is 2.44. The lowest BCUT2D eigenvalue weighted by molar-refractivity contribution is -0.139. The summed E-state index contributed by atoms with van der Waals surface area (Å²) in [6.45, 7) is 10.1. The van der Waals surface area contributed by atoms with E-state index in [9.17, 15) is 9.59 Å². The number of carbonyl (C=O) groups excluding carboxylic acids is 2. The van der Waals surface area contributed by atoms with E-state index in [0.29, 0.717) is 31.1 Å². The van der Waals surface area contributed by atoms with E-state index in [2.05, 4.69) is 46.4 Å². The second-order valence-corrected chi connectivity index (χ2v) is 10.9. The lowest BCUT2D eigenvalue weighted by atomic mass is 9.66. The van der Waals surface area contributed by atoms with Gasteiger partial charge in [0, 0.05) is 49.1 Å². The van der Waals surface area contributed by atoms with Crippen molar-refractivity contribution in [2.45, 2.75) is 84.7 Å². The number of esters is 1. The monoisotopic (exact) mass is 508 g/mol. The Morgan fingerprint density at radius 3 is 2.62 bits per heavy atom. The summed E-state index contributed by atoms with van der Waals surface area (Å²) in [5.74, 6) is -0.0717. The van der Waals surface area contributed by atoms with E-state index in [1.54, 1.807) is 11.8 Å². The van der Waals surface area contributed by atoms with Crippen LogP contribution in [0.1, 0.15) is 83.4 Å². The van der Waals surface area contributed by atoms with E-state index in [1.165, 1.54) is 5.56 Å². The minimum Gasteiger partial charge on any atom is -0.456 e. The molecule has 0 bridgehead atoms. The number of nitrogens with zero attached hydrogens (tertiary/aromatic N) is 6. The van der Waals surface area contributed by atoms with Crippen LogP contribution in [0.2, 0.25) is 0 Å². The number of pyridine rings is 1. The van der Waals surface area contributed by atoms with Crippen LogP contribution in [-0.4, -0.2) is 65.2 Å². The van der Waals surface area contributed by atoms with Crippen LogP contribution >= 0.6 is 0 Å². The molecule has 1 aromatic heterocycles. The molecule has 1 atom stereocenters. The highest BCUT2D eigenvalue weighted by molar-refractivity contribution is 5.92. The summed E-state index contributed by atoms with van der Waals surface area (Å²) in [7, 11) is 2.19. The van der Waals surface area contributed by atoms with Gasteiger partial charge in [-0.1, -0.05) is 13.0 Å². The summed E-state index contributed by atoms with van der Waals surface area (Å²) in [5, 5.41) is 11.9. The molecule has 3 heterocycles. The number of piperidine rings is 1. The van der Waals surface area contributed by atoms with Crippen LogP contribution in [-0.2, 0) is 20.9 Å². The summed E-state index contributed by atoms with van der Waals surface area (Å²) in [5.41, 5.74) is 4.50. The first-order valence-corrected chi connectivity index (χ1v) is 13.5. The van der Waals surface area contributed by atoms with Crippen LogP contribution in [0.5, 0.6) is 0 Å². The van der Waals surface area contributed by atoms with E-state index in [4.69, 9.17) is 9.72 Å². The van der Waals surface area contributed by atoms with Crippen LogP contribution in [0.25, 0.3) is 0 Å². The maximum atomic E-state index is 13.0. The predicted octanol–water partition coefficient (Wildman–Crippen LogP) is 4.85. The quantitative estimate of drug-likeness (QED) is 0.216. The zero-order chi connectivity index (χ0) is 26.6. The summed E-state index contributed by atoms with van der Waals surface area (Å²) in [6, 6.07) is 4.74. The molecule has 1 amide bonds. The summed E-state index contributed by atoms with van der Waals surface area (Å²) < 4.78 is 5.12. The van der Waals surface area contributed by atoms with Crippen molar-refractivity contribution < 1.29 is 14.3 Å². The minimum absolute atomic E-state index is 0.0909. The van der Waals surface area contributed by atoms with Gasteiger partial charge < -0.3 is 9.64 Å². The molecule has 1 saturated heterocycles. The molecule has 1 aliphatic carbocycles. The second-order valence-electron chi connectivity index (χ2n) is 10.9. The lowest BCUT2D eigenvalue weighted by Gasteiger charge is -2.47. The minimum atomic E-state index is -0.301. The van der Waals surface area contributed by atoms with Gasteiger partial charge in [-0.25, -0.2) is 4.79 Å². The van der Waals surface area contributed by atoms with Gasteiger partial charge in [-0.05, 0) is 82.2 Å². The van der Waals surface area contributed by atoms with Crippen molar-refractivity contribution in [2.24, 2.45) is 20.9 Å². The third kappa shape index (κ3) is 6.14. The van der Waals surface area contributed by atoms with Crippen molar-refractivity contribution in [2.75, 3.05) is 26.7 Å². The van der Waals surface area contributed by atoms with Crippen molar-refractivity contribution in [3.8, 4) is 0 Å². The first-order valence-electron chi connectivity index (χ1n) is 13.5. The van der Waals surface area contributed by atoms with Gasteiger partial charge in [0.1, 0.15) is 6.61 Å². The number of hydrogen-bond donors (Lipinski definition) is 0. The van der Waals surface area contributed by atoms with E-state index in [1.807, 2.05) is 20.0 Å². The average molecular weight is 509 g/mol. The molecule has 3 aliphatic rings. The van der Waals surface area contributed by atoms with Crippen LogP contribution in [0.15, 0.2) is 45.0 Å². The predicted molar refractivity (Wildman–Crippen MR) is 142 cm³/mol. The first kappa shape index (κ1) is 27.1. The molecule has 1 saturated carbocycles. The van der Waals surface area contributed by atoms with Gasteiger partial charge >= 0.3 is 5.97 Å². The standard InChI is InChI=1S/C28H40N6O3/c1-6-30-32-31-21(4)19(2)24-8-7-22(16-29-24)17-33(5)23-9-11-28(12-10-23)13-14-34(26(35)15-28)25-18-37-27(36)20(25)3/h7-8,16,19,23H,6,9-15,17-18H2,1-5H3/b31-21-,32-30?. The van der Waals surface area contributed by atoms with Crippen LogP contribution in [0.4, 0.5) is 0 Å². The zero-order valence-electron chi connectivity index (χ0n) is 22.9. The van der Waals surface area contributed by atoms with Crippen molar-refractivity contribution in [1.82, 2.24) is 14.8 Å². The number of hydrogen-bond acceptors (Lipinski definition) is 7. The fraction of sp³-hybridized carbons (Fsp3) is 0.643. The summed E-state index contributed by atoms with van der Waals surface area (Å²) in [6.07, 6.45) is 7.85. The molecule has 1 aromatic rings. The molecule has 9 nitrogen and oxygen atoms in total. The van der Waals surface area contributed by atoms with E-state index in [-0.39, 0.29) is 29.8 Å². The molecule has 1 spiro atoms. The Morgan fingerprint density at radius 2 is 2.03 bits per heavy atom. The van der Waals surface area contributed by atoms with Gasteiger partial charge in [-0.3, -0.25) is 14.7 Å². The van der Waals surface area contributed by atoms with Crippen molar-refractivity contribution in [1.29, 1.82) is 0 Å². The number of amides is 1. The number of cyclic esters (lactones) is 1. The topological polar surface area (TPSA) is 99.8 Å². The molecule has 0 aromatic carbocycles. The Labute approximate surface area is 220 Å². The Kier molecular flexibility index (Phi) is 8.52. The Hall–Kier alpha value is -2.94. The molecular formula is C28H40N6O3. The fourth-order valence-corrected chi connectivity index (χ4v) is 5.76. The molecule has 0 radical (unpaired) electrons. The molecule has 37 heavy (non-hydrogen) atoms. The zero-order valence-corrected chi connectivity index (χ0v) is 22.9. The highest BCUT2D eigenvalue weighted by atomic mass is 16.5. The molecule has 2 aliphatic heterocycles. The Bertz CT molecular complexity index is 1090. The molecule has 1 unspecified atom stereocenters. The molecule has 0 N–H and O–H groups in total. The maximum Gasteiger partial charge on any atom is 0.336 e. The van der Waals surface area contributed by atoms with Gasteiger partial charge in [0.15, 0.2) is 0 Å². The third-order valence-electron chi connectivity index (χ3n) is 8.49. The smallest absolute Gasteiger partial charge is 0.336 e. The van der Waals surface area contributed by atoms with Crippen molar-refractivity contribution >= 4 is 17.6 Å². The normalized spacial score (nSPS) is 26.1. The summed E-state index contributed by atoms with van der Waals surface area (Å²) >= 11 is 0. The van der Waals surface area contributed by atoms with Crippen molar-refractivity contribution in [3.05, 3.63) is 40.9 Å². The van der Waals surface area contributed by atoms with E-state index in [0.717, 1.165) is 55.8 Å². The van der Waals surface area contributed by atoms with E-state index < -0.39 is 0 Å². The van der Waals surface area contributed by atoms with Crippen LogP contribution in [0.3, 0.4) is 0 Å². The van der Waals surface area contributed by atoms with Gasteiger partial charge in [0.05, 0.1) is 17.8 Å². The number of carbonyl (C=O) groups is 2. The number of aromatic nitrogens is 1. The molecule has 200 valence electrons. The van der Waals surface area contributed by atoms with Gasteiger partial charge in [-0.15, -0.1) is 5.10 Å². The first-order chi connectivity index (χ1) is 17.7. The fourth-order valence-electron chi connectivity index (χ4n) is 5.76. The Morgan fingerprint density at radius 1 is 1.27 bits per heavy atom. The van der Waals surface area contributed by atoms with Gasteiger partial charge in [0.2, 0.25) is 5.91 Å². The number of ether oxygens (including phenoxy) is 1. The molecular weight excluding hydrogens is 468 g/mol. The largest absolute Gasteiger partial charge is 0.456 e. The number of rotatable bonds is 8. The van der Waals surface area contributed by atoms with Gasteiger partial charge in [-0.2, -0.15) is 5.11 Å². The van der Waals surface area contributed by atoms with Crippen molar-refractivity contribution in [3.63, 3.8) is 0 Å². The highest BCUT2D eigenvalue weighted by Crippen LogP contribution is 2.46. The number of likely N-dealkylation sites (tertiary alicyclic amines) is 1. The third-order valence-corrected chi connectivity index (χ3v) is 8.49. The SMILES string of the molecule is CCN=N/N=C(/C)C(C)c1ccc(CN(C)C2CCC3(CC2)CCN(C2=C(C)C(=O)OC2)C(=O)C3)cn1. The van der Waals surface area contributed by atoms with Crippen LogP contribution in [0, 0.1) is 5.41 Å². The Balaban J connectivity index is 1.28. The maximum absolute atomic E-state index is 13.0. The molecule has 4 rings (SSSR count). The van der Waals surface area contributed by atoms with Crippen LogP contribution < -0.4 is 0 Å². The molecule has 9 heteroatoms. The molecule has 2 fully saturated rings. The van der Waals surface area contributed by atoms with E-state index >= 15 is 0 Å². The lowest BCUT2D eigenvalue weighted by Crippen LogP contribution is -2.47.